The van der Waals surface area contributed by atoms with Crippen molar-refractivity contribution in [2.24, 2.45) is 5.92 Å². The van der Waals surface area contributed by atoms with Crippen molar-refractivity contribution in [3.63, 3.8) is 0 Å². The molecule has 2 aromatic heterocycles. The Bertz CT molecular complexity index is 533. The molecule has 2 unspecified atom stereocenters. The maximum Gasteiger partial charge on any atom is 0.179 e. The van der Waals surface area contributed by atoms with Crippen LogP contribution in [0.25, 0.3) is 11.2 Å². The lowest BCUT2D eigenvalue weighted by Crippen LogP contribution is -2.09. The van der Waals surface area contributed by atoms with Crippen LogP contribution in [0.3, 0.4) is 0 Å². The van der Waals surface area contributed by atoms with E-state index in [-0.39, 0.29) is 0 Å². The minimum atomic E-state index is 0.474. The van der Waals surface area contributed by atoms with Gasteiger partial charge in [-0.2, -0.15) is 0 Å². The molecule has 3 N–H and O–H groups in total. The Labute approximate surface area is 100 Å². The molecule has 3 heterocycles. The second-order valence-corrected chi connectivity index (χ2v) is 4.68. The van der Waals surface area contributed by atoms with Crippen molar-refractivity contribution in [3.8, 4) is 0 Å². The first-order valence-electron chi connectivity index (χ1n) is 6.03. The molecule has 0 aliphatic carbocycles. The highest BCUT2D eigenvalue weighted by Crippen LogP contribution is 2.27. The van der Waals surface area contributed by atoms with Gasteiger partial charge in [-0.25, -0.2) is 9.97 Å². The monoisotopic (exact) mass is 231 g/mol. The molecule has 0 amide bonds. The van der Waals surface area contributed by atoms with Gasteiger partial charge in [-0.1, -0.05) is 6.92 Å². The van der Waals surface area contributed by atoms with Crippen molar-refractivity contribution >= 4 is 17.0 Å². The Kier molecular flexibility index (Phi) is 2.48. The molecule has 3 rings (SSSR count). The van der Waals surface area contributed by atoms with Crippen molar-refractivity contribution in [1.82, 2.24) is 20.3 Å². The van der Waals surface area contributed by atoms with Crippen LogP contribution in [0.5, 0.6) is 0 Å². The first-order valence-corrected chi connectivity index (χ1v) is 6.03. The topological polar surface area (TPSA) is 65.6 Å². The normalized spacial score (nSPS) is 24.4. The largest absolute Gasteiger partial charge is 0.373 e. The van der Waals surface area contributed by atoms with E-state index in [1.165, 1.54) is 0 Å². The molecule has 5 heteroatoms. The number of aromatic amines is 1. The van der Waals surface area contributed by atoms with E-state index in [1.807, 2.05) is 19.2 Å². The van der Waals surface area contributed by atoms with Crippen LogP contribution in [0.15, 0.2) is 12.1 Å². The Morgan fingerprint density at radius 1 is 1.29 bits per heavy atom. The molecule has 2 atom stereocenters. The van der Waals surface area contributed by atoms with E-state index in [0.717, 1.165) is 35.9 Å². The van der Waals surface area contributed by atoms with E-state index in [1.54, 1.807) is 0 Å². The highest BCUT2D eigenvalue weighted by molar-refractivity contribution is 5.73. The zero-order chi connectivity index (χ0) is 11.8. The average molecular weight is 231 g/mol. The third-order valence-electron chi connectivity index (χ3n) is 3.49. The second kappa shape index (κ2) is 4.00. The summed E-state index contributed by atoms with van der Waals surface area (Å²) in [5.41, 5.74) is 1.81. The van der Waals surface area contributed by atoms with Gasteiger partial charge in [0, 0.05) is 19.5 Å². The number of hydrogen-bond acceptors (Lipinski definition) is 4. The maximum absolute atomic E-state index is 4.61. The molecule has 0 aromatic carbocycles. The molecule has 1 saturated heterocycles. The van der Waals surface area contributed by atoms with Crippen LogP contribution in [-0.2, 0) is 0 Å². The van der Waals surface area contributed by atoms with Gasteiger partial charge in [0.25, 0.3) is 0 Å². The number of nitrogens with one attached hydrogen (secondary N) is 3. The highest BCUT2D eigenvalue weighted by atomic mass is 15.1. The maximum atomic E-state index is 4.61. The number of anilines is 1. The van der Waals surface area contributed by atoms with Crippen LogP contribution in [0.4, 0.5) is 5.82 Å². The highest BCUT2D eigenvalue weighted by Gasteiger charge is 2.27. The number of rotatable bonds is 2. The van der Waals surface area contributed by atoms with Crippen LogP contribution in [0.1, 0.15) is 18.7 Å². The van der Waals surface area contributed by atoms with Gasteiger partial charge in [0.15, 0.2) is 5.65 Å². The molecular formula is C12H17N5. The first kappa shape index (κ1) is 10.5. The summed E-state index contributed by atoms with van der Waals surface area (Å²) in [6, 6.07) is 3.98. The minimum Gasteiger partial charge on any atom is -0.373 e. The van der Waals surface area contributed by atoms with Crippen LogP contribution in [0.2, 0.25) is 0 Å². The fourth-order valence-corrected chi connectivity index (χ4v) is 2.40. The van der Waals surface area contributed by atoms with Gasteiger partial charge in [0.05, 0.1) is 5.52 Å². The molecule has 2 aromatic rings. The van der Waals surface area contributed by atoms with Crippen LogP contribution in [-0.4, -0.2) is 35.1 Å². The van der Waals surface area contributed by atoms with Crippen LogP contribution >= 0.6 is 0 Å². The predicted octanol–water partition coefficient (Wildman–Crippen LogP) is 1.32. The molecule has 17 heavy (non-hydrogen) atoms. The zero-order valence-corrected chi connectivity index (χ0v) is 10.1. The Balaban J connectivity index is 2.01. The smallest absolute Gasteiger partial charge is 0.179 e. The number of aromatic nitrogens is 3. The second-order valence-electron chi connectivity index (χ2n) is 4.68. The van der Waals surface area contributed by atoms with Crippen LogP contribution < -0.4 is 10.6 Å². The van der Waals surface area contributed by atoms with Crippen molar-refractivity contribution in [3.05, 3.63) is 18.0 Å². The molecule has 1 aliphatic heterocycles. The number of nitrogens with zero attached hydrogens (tertiary/aromatic N) is 2. The molecule has 1 fully saturated rings. The molecule has 1 aliphatic rings. The Morgan fingerprint density at radius 3 is 2.88 bits per heavy atom. The molecular weight excluding hydrogens is 214 g/mol. The van der Waals surface area contributed by atoms with Gasteiger partial charge in [-0.15, -0.1) is 0 Å². The zero-order valence-electron chi connectivity index (χ0n) is 10.1. The average Bonchev–Trinajstić information content (AvgIpc) is 2.93. The van der Waals surface area contributed by atoms with Gasteiger partial charge in [-0.3, -0.25) is 0 Å². The number of fused-ring (bicyclic) bond motifs is 1. The Morgan fingerprint density at radius 2 is 2.18 bits per heavy atom. The van der Waals surface area contributed by atoms with E-state index in [2.05, 4.69) is 32.5 Å². The fraction of sp³-hybridized carbons (Fsp3) is 0.500. The number of pyridine rings is 1. The summed E-state index contributed by atoms with van der Waals surface area (Å²) in [7, 11) is 1.87. The van der Waals surface area contributed by atoms with Gasteiger partial charge in [0.2, 0.25) is 0 Å². The molecule has 0 spiro atoms. The molecule has 0 saturated carbocycles. The molecule has 90 valence electrons. The van der Waals surface area contributed by atoms with E-state index < -0.39 is 0 Å². The lowest BCUT2D eigenvalue weighted by molar-refractivity contribution is 0.551. The van der Waals surface area contributed by atoms with Crippen molar-refractivity contribution < 1.29 is 0 Å². The van der Waals surface area contributed by atoms with E-state index in [9.17, 15) is 0 Å². The number of imidazole rings is 1. The number of hydrogen-bond donors (Lipinski definition) is 3. The van der Waals surface area contributed by atoms with Gasteiger partial charge in [-0.05, 0) is 24.6 Å². The summed E-state index contributed by atoms with van der Waals surface area (Å²) in [4.78, 5) is 12.4. The van der Waals surface area contributed by atoms with E-state index in [0.29, 0.717) is 11.8 Å². The Hall–Kier alpha value is -1.62. The van der Waals surface area contributed by atoms with Crippen molar-refractivity contribution in [2.75, 3.05) is 25.5 Å². The van der Waals surface area contributed by atoms with Crippen molar-refractivity contribution in [2.45, 2.75) is 12.8 Å². The fourth-order valence-electron chi connectivity index (χ4n) is 2.40. The SMILES string of the molecule is CNc1ccc2[nH]c(C3CNCC3C)nc2n1. The predicted molar refractivity (Wildman–Crippen MR) is 68.2 cm³/mol. The van der Waals surface area contributed by atoms with Gasteiger partial charge < -0.3 is 15.6 Å². The first-order chi connectivity index (χ1) is 8.28. The van der Waals surface area contributed by atoms with Crippen LogP contribution in [0, 0.1) is 5.92 Å². The third kappa shape index (κ3) is 1.76. The summed E-state index contributed by atoms with van der Waals surface area (Å²) in [6.45, 7) is 4.32. The molecule has 0 radical (unpaired) electrons. The summed E-state index contributed by atoms with van der Waals surface area (Å²) in [5, 5.41) is 6.42. The lowest BCUT2D eigenvalue weighted by Gasteiger charge is -2.09. The standard InChI is InChI=1S/C12H17N5/c1-7-5-14-6-8(7)11-15-9-3-4-10(13-2)16-12(9)17-11/h3-4,7-8,14H,5-6H2,1-2H3,(H2,13,15,16,17). The quantitative estimate of drug-likeness (QED) is 0.729. The van der Waals surface area contributed by atoms with Crippen molar-refractivity contribution in [1.29, 1.82) is 0 Å². The minimum absolute atomic E-state index is 0.474. The summed E-state index contributed by atoms with van der Waals surface area (Å²) >= 11 is 0. The number of H-pyrrole nitrogens is 1. The molecule has 5 nitrogen and oxygen atoms in total. The summed E-state index contributed by atoms with van der Waals surface area (Å²) in [5.74, 6) is 3.01. The van der Waals surface area contributed by atoms with E-state index in [4.69, 9.17) is 0 Å². The third-order valence-corrected chi connectivity index (χ3v) is 3.49. The summed E-state index contributed by atoms with van der Waals surface area (Å²) < 4.78 is 0. The lowest BCUT2D eigenvalue weighted by atomic mass is 9.98. The molecule has 0 bridgehead atoms. The van der Waals surface area contributed by atoms with E-state index >= 15 is 0 Å². The van der Waals surface area contributed by atoms with Gasteiger partial charge in [0.1, 0.15) is 11.6 Å². The summed E-state index contributed by atoms with van der Waals surface area (Å²) in [6.07, 6.45) is 0. The van der Waals surface area contributed by atoms with Gasteiger partial charge >= 0.3 is 0 Å².